The zero-order valence-corrected chi connectivity index (χ0v) is 13.0. The van der Waals surface area contributed by atoms with Gasteiger partial charge < -0.3 is 19.8 Å². The van der Waals surface area contributed by atoms with E-state index in [-0.39, 0.29) is 11.9 Å². The Morgan fingerprint density at radius 3 is 2.74 bits per heavy atom. The summed E-state index contributed by atoms with van der Waals surface area (Å²) in [5.74, 6) is 1.08. The molecule has 0 unspecified atom stereocenters. The van der Waals surface area contributed by atoms with Crippen molar-refractivity contribution in [1.82, 2.24) is 10.6 Å². The van der Waals surface area contributed by atoms with Crippen LogP contribution in [0.25, 0.3) is 0 Å². The number of aryl methyl sites for hydroxylation is 1. The standard InChI is InChI=1S/C18H20N2O3/c1-11-8-17(22-10-11)23-14-5-2-12(3-6-14)18(21)20-16-9-13-4-7-15(16)19-13/h2-3,5-6,8,10,13,15-16,19H,4,7,9H2,1H3,(H,20,21)/t13-,15+,16-/m1/s1. The van der Waals surface area contributed by atoms with Crippen molar-refractivity contribution in [3.8, 4) is 11.7 Å². The number of furan rings is 1. The first kappa shape index (κ1) is 14.3. The number of hydrogen-bond acceptors (Lipinski definition) is 4. The van der Waals surface area contributed by atoms with Crippen molar-refractivity contribution >= 4 is 5.91 Å². The molecule has 2 aliphatic heterocycles. The maximum atomic E-state index is 12.4. The summed E-state index contributed by atoms with van der Waals surface area (Å²) in [5, 5.41) is 6.67. The molecule has 1 aromatic carbocycles. The quantitative estimate of drug-likeness (QED) is 0.911. The number of benzene rings is 1. The summed E-state index contributed by atoms with van der Waals surface area (Å²) in [6.07, 6.45) is 5.07. The number of hydrogen-bond donors (Lipinski definition) is 2. The molecule has 2 aromatic rings. The van der Waals surface area contributed by atoms with E-state index in [2.05, 4.69) is 10.6 Å². The van der Waals surface area contributed by atoms with Crippen LogP contribution in [0.3, 0.4) is 0 Å². The van der Waals surface area contributed by atoms with Crippen LogP contribution in [-0.2, 0) is 0 Å². The molecule has 2 N–H and O–H groups in total. The molecule has 5 nitrogen and oxygen atoms in total. The molecular formula is C18H20N2O3. The van der Waals surface area contributed by atoms with E-state index in [9.17, 15) is 4.79 Å². The number of ether oxygens (including phenoxy) is 1. The maximum Gasteiger partial charge on any atom is 0.290 e. The number of fused-ring (bicyclic) bond motifs is 2. The summed E-state index contributed by atoms with van der Waals surface area (Å²) in [7, 11) is 0. The molecule has 3 heterocycles. The van der Waals surface area contributed by atoms with Gasteiger partial charge in [-0.2, -0.15) is 0 Å². The van der Waals surface area contributed by atoms with Crippen molar-refractivity contribution in [2.45, 2.75) is 44.3 Å². The Labute approximate surface area is 135 Å². The lowest BCUT2D eigenvalue weighted by atomic mass is 9.95. The smallest absolute Gasteiger partial charge is 0.290 e. The third-order valence-corrected chi connectivity index (χ3v) is 4.66. The van der Waals surface area contributed by atoms with Crippen LogP contribution >= 0.6 is 0 Å². The summed E-state index contributed by atoms with van der Waals surface area (Å²) >= 11 is 0. The SMILES string of the molecule is Cc1coc(Oc2ccc(C(=O)N[C@@H]3C[C@H]4CC[C@@H]3N4)cc2)c1. The van der Waals surface area contributed by atoms with Crippen LogP contribution in [0, 0.1) is 6.92 Å². The molecular weight excluding hydrogens is 292 g/mol. The van der Waals surface area contributed by atoms with Gasteiger partial charge in [-0.15, -0.1) is 0 Å². The van der Waals surface area contributed by atoms with E-state index < -0.39 is 0 Å². The zero-order chi connectivity index (χ0) is 15.8. The normalized spacial score (nSPS) is 25.5. The Morgan fingerprint density at radius 2 is 2.13 bits per heavy atom. The van der Waals surface area contributed by atoms with Gasteiger partial charge >= 0.3 is 0 Å². The van der Waals surface area contributed by atoms with Crippen molar-refractivity contribution in [1.29, 1.82) is 0 Å². The van der Waals surface area contributed by atoms with Crippen LogP contribution in [-0.4, -0.2) is 24.0 Å². The lowest BCUT2D eigenvalue weighted by molar-refractivity contribution is 0.0931. The van der Waals surface area contributed by atoms with Crippen molar-refractivity contribution < 1.29 is 13.9 Å². The Balaban J connectivity index is 1.38. The first-order chi connectivity index (χ1) is 11.2. The number of amides is 1. The molecule has 2 aliphatic rings. The van der Waals surface area contributed by atoms with Gasteiger partial charge in [-0.3, -0.25) is 4.79 Å². The van der Waals surface area contributed by atoms with Crippen LogP contribution in [0.5, 0.6) is 11.7 Å². The van der Waals surface area contributed by atoms with Gasteiger partial charge in [0.2, 0.25) is 0 Å². The fourth-order valence-corrected chi connectivity index (χ4v) is 3.48. The minimum atomic E-state index is -0.0234. The van der Waals surface area contributed by atoms with Crippen molar-refractivity contribution in [2.75, 3.05) is 0 Å². The summed E-state index contributed by atoms with van der Waals surface area (Å²) < 4.78 is 10.9. The first-order valence-corrected chi connectivity index (χ1v) is 8.07. The van der Waals surface area contributed by atoms with Gasteiger partial charge in [0.15, 0.2) is 0 Å². The summed E-state index contributed by atoms with van der Waals surface area (Å²) in [5.41, 5.74) is 1.66. The predicted molar refractivity (Wildman–Crippen MR) is 85.8 cm³/mol. The van der Waals surface area contributed by atoms with E-state index in [1.807, 2.05) is 13.0 Å². The fraction of sp³-hybridized carbons (Fsp3) is 0.389. The van der Waals surface area contributed by atoms with Crippen LogP contribution in [0.4, 0.5) is 0 Å². The highest BCUT2D eigenvalue weighted by molar-refractivity contribution is 5.94. The molecule has 5 heteroatoms. The predicted octanol–water partition coefficient (Wildman–Crippen LogP) is 3.00. The summed E-state index contributed by atoms with van der Waals surface area (Å²) in [6.45, 7) is 1.94. The van der Waals surface area contributed by atoms with Gasteiger partial charge in [0, 0.05) is 29.8 Å². The summed E-state index contributed by atoms with van der Waals surface area (Å²) in [6, 6.07) is 10.2. The Hall–Kier alpha value is -2.27. The molecule has 23 heavy (non-hydrogen) atoms. The van der Waals surface area contributed by atoms with Crippen LogP contribution in [0.1, 0.15) is 35.2 Å². The lowest BCUT2D eigenvalue weighted by Crippen LogP contribution is -2.42. The molecule has 3 atom stereocenters. The third-order valence-electron chi connectivity index (χ3n) is 4.66. The summed E-state index contributed by atoms with van der Waals surface area (Å²) in [4.78, 5) is 12.4. The van der Waals surface area contributed by atoms with Gasteiger partial charge in [0.1, 0.15) is 5.75 Å². The fourth-order valence-electron chi connectivity index (χ4n) is 3.48. The van der Waals surface area contributed by atoms with Gasteiger partial charge in [-0.05, 0) is 56.0 Å². The zero-order valence-electron chi connectivity index (χ0n) is 13.0. The van der Waals surface area contributed by atoms with Gasteiger partial charge in [0.25, 0.3) is 11.9 Å². The van der Waals surface area contributed by atoms with E-state index in [4.69, 9.17) is 9.15 Å². The number of nitrogens with one attached hydrogen (secondary N) is 2. The average molecular weight is 312 g/mol. The first-order valence-electron chi connectivity index (χ1n) is 8.07. The topological polar surface area (TPSA) is 63.5 Å². The molecule has 1 amide bonds. The van der Waals surface area contributed by atoms with Crippen molar-refractivity contribution in [3.63, 3.8) is 0 Å². The highest BCUT2D eigenvalue weighted by Gasteiger charge is 2.39. The number of carbonyl (C=O) groups excluding carboxylic acids is 1. The molecule has 0 saturated carbocycles. The Kier molecular flexibility index (Phi) is 3.58. The van der Waals surface area contributed by atoms with E-state index in [0.717, 1.165) is 18.4 Å². The monoisotopic (exact) mass is 312 g/mol. The van der Waals surface area contributed by atoms with Gasteiger partial charge in [0.05, 0.1) is 6.26 Å². The Morgan fingerprint density at radius 1 is 1.30 bits per heavy atom. The van der Waals surface area contributed by atoms with Crippen LogP contribution in [0.2, 0.25) is 0 Å². The Bertz CT molecular complexity index is 707. The molecule has 2 saturated heterocycles. The maximum absolute atomic E-state index is 12.4. The van der Waals surface area contributed by atoms with Crippen molar-refractivity contribution in [2.24, 2.45) is 0 Å². The molecule has 2 bridgehead atoms. The van der Waals surface area contributed by atoms with Gasteiger partial charge in [-0.25, -0.2) is 0 Å². The largest absolute Gasteiger partial charge is 0.434 e. The average Bonchev–Trinajstić information content (AvgIpc) is 3.25. The van der Waals surface area contributed by atoms with Crippen molar-refractivity contribution in [3.05, 3.63) is 47.7 Å². The minimum absolute atomic E-state index is 0.0234. The molecule has 120 valence electrons. The molecule has 2 fully saturated rings. The van der Waals surface area contributed by atoms with E-state index in [0.29, 0.717) is 29.3 Å². The second kappa shape index (κ2) is 5.74. The van der Waals surface area contributed by atoms with Gasteiger partial charge in [-0.1, -0.05) is 0 Å². The molecule has 0 radical (unpaired) electrons. The third kappa shape index (κ3) is 2.97. The van der Waals surface area contributed by atoms with Crippen LogP contribution in [0.15, 0.2) is 41.0 Å². The van der Waals surface area contributed by atoms with E-state index >= 15 is 0 Å². The lowest BCUT2D eigenvalue weighted by Gasteiger charge is -2.21. The highest BCUT2D eigenvalue weighted by atomic mass is 16.6. The van der Waals surface area contributed by atoms with E-state index in [1.54, 1.807) is 30.5 Å². The molecule has 1 aromatic heterocycles. The molecule has 4 rings (SSSR count). The number of carbonyl (C=O) groups is 1. The highest BCUT2D eigenvalue weighted by Crippen LogP contribution is 2.28. The molecule has 0 aliphatic carbocycles. The van der Waals surface area contributed by atoms with Crippen LogP contribution < -0.4 is 15.4 Å². The van der Waals surface area contributed by atoms with E-state index in [1.165, 1.54) is 6.42 Å². The molecule has 0 spiro atoms. The second-order valence-corrected chi connectivity index (χ2v) is 6.43. The minimum Gasteiger partial charge on any atom is -0.434 e. The second-order valence-electron chi connectivity index (χ2n) is 6.43. The number of rotatable bonds is 4.